The summed E-state index contributed by atoms with van der Waals surface area (Å²) in [6.45, 7) is -0.0182. The maximum absolute atomic E-state index is 13.2. The highest BCUT2D eigenvalue weighted by atomic mass is 127. The summed E-state index contributed by atoms with van der Waals surface area (Å²) >= 11 is 1.95. The first-order valence-corrected chi connectivity index (χ1v) is 6.18. The van der Waals surface area contributed by atoms with Gasteiger partial charge in [-0.15, -0.1) is 0 Å². The van der Waals surface area contributed by atoms with E-state index < -0.39 is 17.6 Å². The Kier molecular flexibility index (Phi) is 3.70. The summed E-state index contributed by atoms with van der Waals surface area (Å²) in [5.74, 6) is -0.608. The van der Waals surface area contributed by atoms with Crippen molar-refractivity contribution in [1.29, 1.82) is 0 Å². The number of hydrogen-bond acceptors (Lipinski definition) is 2. The van der Waals surface area contributed by atoms with Crippen molar-refractivity contribution >= 4 is 28.4 Å². The van der Waals surface area contributed by atoms with Crippen LogP contribution in [0.4, 0.5) is 23.4 Å². The molecule has 0 aliphatic carbocycles. The number of nitrogens with zero attached hydrogens (tertiary/aromatic N) is 2. The Balaban J connectivity index is 2.36. The quantitative estimate of drug-likeness (QED) is 0.637. The molecule has 0 saturated carbocycles. The molecule has 0 unspecified atom stereocenters. The normalized spacial score (nSPS) is 11.8. The molecule has 0 amide bonds. The molecule has 0 bridgehead atoms. The number of rotatable bonds is 2. The first kappa shape index (κ1) is 14.1. The molecule has 8 heteroatoms. The van der Waals surface area contributed by atoms with E-state index >= 15 is 0 Å². The summed E-state index contributed by atoms with van der Waals surface area (Å²) in [7, 11) is 0. The molecule has 1 aromatic carbocycles. The van der Waals surface area contributed by atoms with Crippen LogP contribution >= 0.6 is 22.6 Å². The van der Waals surface area contributed by atoms with Crippen LogP contribution in [0.5, 0.6) is 0 Å². The second kappa shape index (κ2) is 4.99. The monoisotopic (exact) mass is 385 g/mol. The van der Waals surface area contributed by atoms with Gasteiger partial charge in [0, 0.05) is 0 Å². The highest BCUT2D eigenvalue weighted by molar-refractivity contribution is 14.1. The highest BCUT2D eigenvalue weighted by Crippen LogP contribution is 2.30. The lowest BCUT2D eigenvalue weighted by Crippen LogP contribution is -2.10. The highest BCUT2D eigenvalue weighted by Gasteiger charge is 2.31. The Labute approximate surface area is 119 Å². The molecule has 2 rings (SSSR count). The van der Waals surface area contributed by atoms with Gasteiger partial charge in [0.2, 0.25) is 0 Å². The van der Waals surface area contributed by atoms with Gasteiger partial charge in [-0.1, -0.05) is 0 Å². The van der Waals surface area contributed by atoms with Crippen molar-refractivity contribution in [2.24, 2.45) is 0 Å². The first-order chi connectivity index (χ1) is 8.77. The van der Waals surface area contributed by atoms with Crippen LogP contribution in [0.15, 0.2) is 24.4 Å². The van der Waals surface area contributed by atoms with Gasteiger partial charge in [0.15, 0.2) is 0 Å². The fourth-order valence-corrected chi connectivity index (χ4v) is 1.98. The maximum Gasteiger partial charge on any atom is 0.416 e. The van der Waals surface area contributed by atoms with E-state index in [1.54, 1.807) is 0 Å². The van der Waals surface area contributed by atoms with Crippen LogP contribution < -0.4 is 5.73 Å². The number of benzene rings is 1. The lowest BCUT2D eigenvalue weighted by atomic mass is 10.1. The van der Waals surface area contributed by atoms with Crippen molar-refractivity contribution in [3.63, 3.8) is 0 Å². The topological polar surface area (TPSA) is 43.8 Å². The third kappa shape index (κ3) is 3.17. The molecule has 0 fully saturated rings. The average molecular weight is 385 g/mol. The molecular weight excluding hydrogens is 377 g/mol. The number of nitrogen functional groups attached to an aromatic ring is 1. The van der Waals surface area contributed by atoms with E-state index in [9.17, 15) is 17.6 Å². The van der Waals surface area contributed by atoms with Gasteiger partial charge in [-0.05, 0) is 46.4 Å². The largest absolute Gasteiger partial charge is 0.416 e. The van der Waals surface area contributed by atoms with Crippen LogP contribution in [0.3, 0.4) is 0 Å². The van der Waals surface area contributed by atoms with Gasteiger partial charge >= 0.3 is 6.18 Å². The molecule has 3 nitrogen and oxygen atoms in total. The number of hydrogen-bond donors (Lipinski definition) is 1. The van der Waals surface area contributed by atoms with Crippen molar-refractivity contribution in [2.45, 2.75) is 12.7 Å². The second-order valence-electron chi connectivity index (χ2n) is 3.88. The summed E-state index contributed by atoms with van der Waals surface area (Å²) in [4.78, 5) is 0. The molecule has 1 heterocycles. The molecule has 102 valence electrons. The van der Waals surface area contributed by atoms with Crippen molar-refractivity contribution in [1.82, 2.24) is 9.78 Å². The molecular formula is C11H8F4IN3. The lowest BCUT2D eigenvalue weighted by molar-refractivity contribution is -0.137. The molecule has 19 heavy (non-hydrogen) atoms. The number of alkyl halides is 3. The molecule has 1 aromatic heterocycles. The minimum atomic E-state index is -4.58. The molecule has 0 aliphatic heterocycles. The predicted molar refractivity (Wildman–Crippen MR) is 69.9 cm³/mol. The third-order valence-corrected chi connectivity index (χ3v) is 3.28. The minimum Gasteiger partial charge on any atom is -0.383 e. The predicted octanol–water partition coefficient (Wildman–Crippen LogP) is 3.28. The van der Waals surface area contributed by atoms with Crippen molar-refractivity contribution < 1.29 is 17.6 Å². The molecule has 0 atom stereocenters. The summed E-state index contributed by atoms with van der Waals surface area (Å²) in [6.07, 6.45) is -3.10. The zero-order valence-electron chi connectivity index (χ0n) is 9.38. The molecule has 0 radical (unpaired) electrons. The fraction of sp³-hybridized carbons (Fsp3) is 0.182. The number of anilines is 1. The smallest absolute Gasteiger partial charge is 0.383 e. The second-order valence-corrected chi connectivity index (χ2v) is 5.04. The van der Waals surface area contributed by atoms with E-state index in [2.05, 4.69) is 5.10 Å². The summed E-state index contributed by atoms with van der Waals surface area (Å²) in [5, 5.41) is 3.91. The Hall–Kier alpha value is -1.32. The summed E-state index contributed by atoms with van der Waals surface area (Å²) in [6, 6.07) is 2.37. The van der Waals surface area contributed by atoms with Crippen LogP contribution in [0.1, 0.15) is 11.1 Å². The van der Waals surface area contributed by atoms with Crippen LogP contribution in [-0.2, 0) is 12.7 Å². The van der Waals surface area contributed by atoms with Gasteiger partial charge in [-0.3, -0.25) is 0 Å². The first-order valence-electron chi connectivity index (χ1n) is 5.11. The van der Waals surface area contributed by atoms with Gasteiger partial charge in [0.05, 0.1) is 21.9 Å². The Morgan fingerprint density at radius 1 is 1.26 bits per heavy atom. The van der Waals surface area contributed by atoms with Crippen molar-refractivity contribution in [3.8, 4) is 0 Å². The number of halogens is 5. The number of aromatic nitrogens is 2. The van der Waals surface area contributed by atoms with E-state index in [0.29, 0.717) is 15.5 Å². The maximum atomic E-state index is 13.2. The van der Waals surface area contributed by atoms with E-state index in [1.165, 1.54) is 10.9 Å². The van der Waals surface area contributed by atoms with Crippen LogP contribution in [0.25, 0.3) is 0 Å². The summed E-state index contributed by atoms with van der Waals surface area (Å²) < 4.78 is 52.9. The van der Waals surface area contributed by atoms with Crippen LogP contribution in [0.2, 0.25) is 0 Å². The van der Waals surface area contributed by atoms with Crippen LogP contribution in [0, 0.1) is 9.39 Å². The van der Waals surface area contributed by atoms with E-state index in [4.69, 9.17) is 5.73 Å². The van der Waals surface area contributed by atoms with E-state index in [1.807, 2.05) is 22.6 Å². The van der Waals surface area contributed by atoms with Crippen molar-refractivity contribution in [3.05, 3.63) is 44.9 Å². The van der Waals surface area contributed by atoms with Gasteiger partial charge in [0.1, 0.15) is 11.6 Å². The standard InChI is InChI=1S/C11H8F4IN3/c12-8-2-6(1-7(3-8)11(13,14)15)5-19-10(17)9(16)4-18-19/h1-4H,5,17H2. The third-order valence-electron chi connectivity index (χ3n) is 2.45. The van der Waals surface area contributed by atoms with Crippen LogP contribution in [-0.4, -0.2) is 9.78 Å². The fourth-order valence-electron chi connectivity index (χ4n) is 1.58. The van der Waals surface area contributed by atoms with Gasteiger partial charge in [-0.25, -0.2) is 9.07 Å². The Morgan fingerprint density at radius 3 is 2.47 bits per heavy atom. The number of nitrogens with two attached hydrogens (primary N) is 1. The zero-order valence-corrected chi connectivity index (χ0v) is 11.5. The SMILES string of the molecule is Nc1c(I)cnn1Cc1cc(F)cc(C(F)(F)F)c1. The summed E-state index contributed by atoms with van der Waals surface area (Å²) in [5.41, 5.74) is 4.82. The van der Waals surface area contributed by atoms with Gasteiger partial charge in [0.25, 0.3) is 0 Å². The van der Waals surface area contributed by atoms with E-state index in [0.717, 1.165) is 12.1 Å². The average Bonchev–Trinajstić information content (AvgIpc) is 2.59. The van der Waals surface area contributed by atoms with Gasteiger partial charge < -0.3 is 5.73 Å². The van der Waals surface area contributed by atoms with Crippen molar-refractivity contribution in [2.75, 3.05) is 5.73 Å². The molecule has 2 aromatic rings. The Bertz CT molecular complexity index is 606. The molecule has 2 N–H and O–H groups in total. The molecule has 0 aliphatic rings. The zero-order chi connectivity index (χ0) is 14.2. The molecule has 0 saturated heterocycles. The Morgan fingerprint density at radius 2 is 1.95 bits per heavy atom. The van der Waals surface area contributed by atoms with Gasteiger partial charge in [-0.2, -0.15) is 18.3 Å². The molecule has 0 spiro atoms. The van der Waals surface area contributed by atoms with E-state index in [-0.39, 0.29) is 12.1 Å². The lowest BCUT2D eigenvalue weighted by Gasteiger charge is -2.10. The minimum absolute atomic E-state index is 0.0182.